The molecule has 0 fully saturated rings. The second-order valence-corrected chi connectivity index (χ2v) is 5.88. The largest absolute Gasteiger partial charge is 0.306 e. The number of hydrogen-bond acceptors (Lipinski definition) is 2. The second kappa shape index (κ2) is 5.48. The average Bonchev–Trinajstić information content (AvgIpc) is 2.67. The van der Waals surface area contributed by atoms with Crippen molar-refractivity contribution in [3.63, 3.8) is 0 Å². The van der Waals surface area contributed by atoms with E-state index in [1.807, 2.05) is 0 Å². The molecule has 1 aromatic heterocycles. The molecule has 0 atom stereocenters. The normalized spacial score (nSPS) is 14.7. The van der Waals surface area contributed by atoms with E-state index in [0.717, 1.165) is 47.8 Å². The number of nitrogens with zero attached hydrogens (tertiary/aromatic N) is 1. The van der Waals surface area contributed by atoms with Gasteiger partial charge in [0.15, 0.2) is 0 Å². The maximum atomic E-state index is 13.4. The van der Waals surface area contributed by atoms with Gasteiger partial charge in [-0.1, -0.05) is 22.4 Å². The van der Waals surface area contributed by atoms with E-state index < -0.39 is 0 Å². The van der Waals surface area contributed by atoms with Crippen LogP contribution in [0.1, 0.15) is 30.5 Å². The number of fused-ring (bicyclic) bond motifs is 1. The Morgan fingerprint density at radius 1 is 1.20 bits per heavy atom. The lowest BCUT2D eigenvalue weighted by molar-refractivity contribution is 0.628. The minimum absolute atomic E-state index is 0.0944. The third kappa shape index (κ3) is 2.54. The molecule has 0 amide bonds. The van der Waals surface area contributed by atoms with E-state index in [9.17, 15) is 9.18 Å². The summed E-state index contributed by atoms with van der Waals surface area (Å²) in [6.07, 6.45) is 4.80. The Labute approximate surface area is 124 Å². The van der Waals surface area contributed by atoms with Crippen molar-refractivity contribution < 1.29 is 4.39 Å². The quantitative estimate of drug-likeness (QED) is 0.808. The number of hydrogen-bond donors (Lipinski definition) is 1. The Morgan fingerprint density at radius 3 is 2.85 bits per heavy atom. The van der Waals surface area contributed by atoms with Gasteiger partial charge in [-0.15, -0.1) is 0 Å². The number of aromatic nitrogens is 2. The first-order chi connectivity index (χ1) is 9.65. The summed E-state index contributed by atoms with van der Waals surface area (Å²) in [4.78, 5) is 19.5. The fourth-order valence-electron chi connectivity index (χ4n) is 2.59. The molecule has 1 aromatic carbocycles. The van der Waals surface area contributed by atoms with Crippen molar-refractivity contribution >= 4 is 15.9 Å². The van der Waals surface area contributed by atoms with E-state index in [2.05, 4.69) is 25.9 Å². The van der Waals surface area contributed by atoms with Crippen LogP contribution in [0.2, 0.25) is 0 Å². The lowest BCUT2D eigenvalue weighted by atomic mass is 10.1. The third-order valence-corrected chi connectivity index (χ3v) is 4.32. The van der Waals surface area contributed by atoms with Crippen LogP contribution in [0.5, 0.6) is 0 Å². The fourth-order valence-corrected chi connectivity index (χ4v) is 3.02. The van der Waals surface area contributed by atoms with E-state index in [1.165, 1.54) is 12.1 Å². The zero-order chi connectivity index (χ0) is 14.1. The van der Waals surface area contributed by atoms with E-state index in [4.69, 9.17) is 0 Å². The van der Waals surface area contributed by atoms with Crippen molar-refractivity contribution in [2.75, 3.05) is 0 Å². The number of benzene rings is 1. The molecule has 104 valence electrons. The Hall–Kier alpha value is -1.49. The van der Waals surface area contributed by atoms with Gasteiger partial charge in [0.05, 0.1) is 5.69 Å². The van der Waals surface area contributed by atoms with E-state index >= 15 is 0 Å². The van der Waals surface area contributed by atoms with Gasteiger partial charge in [-0.25, -0.2) is 9.37 Å². The van der Waals surface area contributed by atoms with Crippen molar-refractivity contribution in [2.45, 2.75) is 32.1 Å². The number of halogens is 2. The molecular weight excluding hydrogens is 323 g/mol. The highest BCUT2D eigenvalue weighted by Gasteiger charge is 2.16. The van der Waals surface area contributed by atoms with Crippen LogP contribution in [-0.4, -0.2) is 9.97 Å². The number of H-pyrrole nitrogens is 1. The second-order valence-electron chi connectivity index (χ2n) is 5.02. The molecule has 0 saturated carbocycles. The molecule has 0 bridgehead atoms. The van der Waals surface area contributed by atoms with Gasteiger partial charge in [0.25, 0.3) is 5.56 Å². The molecule has 1 N–H and O–H groups in total. The Morgan fingerprint density at radius 2 is 2.00 bits per heavy atom. The maximum Gasteiger partial charge on any atom is 0.254 e. The molecule has 1 aliphatic carbocycles. The third-order valence-electron chi connectivity index (χ3n) is 3.63. The van der Waals surface area contributed by atoms with Gasteiger partial charge >= 0.3 is 0 Å². The van der Waals surface area contributed by atoms with E-state index in [-0.39, 0.29) is 11.4 Å². The van der Waals surface area contributed by atoms with E-state index in [1.54, 1.807) is 6.07 Å². The zero-order valence-electron chi connectivity index (χ0n) is 10.9. The van der Waals surface area contributed by atoms with Crippen LogP contribution in [-0.2, 0) is 12.8 Å². The van der Waals surface area contributed by atoms with Gasteiger partial charge in [0, 0.05) is 15.6 Å². The lowest BCUT2D eigenvalue weighted by Crippen LogP contribution is -2.18. The standard InChI is InChI=1S/C15H14BrFN2O/c16-12-7-6-9(17)8-11(12)14-18-13-5-3-1-2-4-10(13)15(20)19-14/h6-8H,1-5H2,(H,18,19,20). The SMILES string of the molecule is O=c1[nH]c(-c2cc(F)ccc2Br)nc2c1CCCCC2. The van der Waals surface area contributed by atoms with Crippen LogP contribution in [0.15, 0.2) is 27.5 Å². The van der Waals surface area contributed by atoms with Crippen LogP contribution in [0, 0.1) is 5.82 Å². The fraction of sp³-hybridized carbons (Fsp3) is 0.333. The van der Waals surface area contributed by atoms with Crippen molar-refractivity contribution in [2.24, 2.45) is 0 Å². The predicted molar refractivity (Wildman–Crippen MR) is 79.2 cm³/mol. The molecule has 1 aliphatic rings. The lowest BCUT2D eigenvalue weighted by Gasteiger charge is -2.09. The number of rotatable bonds is 1. The van der Waals surface area contributed by atoms with Crippen molar-refractivity contribution in [1.29, 1.82) is 0 Å². The molecule has 20 heavy (non-hydrogen) atoms. The highest BCUT2D eigenvalue weighted by atomic mass is 79.9. The van der Waals surface area contributed by atoms with Crippen LogP contribution in [0.25, 0.3) is 11.4 Å². The average molecular weight is 337 g/mol. The molecular formula is C15H14BrFN2O. The van der Waals surface area contributed by atoms with Gasteiger partial charge < -0.3 is 4.98 Å². The zero-order valence-corrected chi connectivity index (χ0v) is 12.5. The van der Waals surface area contributed by atoms with Crippen molar-refractivity contribution in [3.05, 3.63) is 50.1 Å². The van der Waals surface area contributed by atoms with Gasteiger partial charge in [0.1, 0.15) is 11.6 Å². The maximum absolute atomic E-state index is 13.4. The van der Waals surface area contributed by atoms with Gasteiger partial charge in [0.2, 0.25) is 0 Å². The highest BCUT2D eigenvalue weighted by molar-refractivity contribution is 9.10. The molecule has 0 saturated heterocycles. The number of aryl methyl sites for hydroxylation is 1. The molecule has 3 rings (SSSR count). The summed E-state index contributed by atoms with van der Waals surface area (Å²) in [5.41, 5.74) is 2.13. The summed E-state index contributed by atoms with van der Waals surface area (Å²) in [6, 6.07) is 4.37. The molecule has 5 heteroatoms. The minimum Gasteiger partial charge on any atom is -0.306 e. The summed E-state index contributed by atoms with van der Waals surface area (Å²) in [5, 5.41) is 0. The summed E-state index contributed by atoms with van der Waals surface area (Å²) < 4.78 is 14.1. The number of aromatic amines is 1. The predicted octanol–water partition coefficient (Wildman–Crippen LogP) is 3.61. The molecule has 2 aromatic rings. The molecule has 0 radical (unpaired) electrons. The molecule has 3 nitrogen and oxygen atoms in total. The Kier molecular flexibility index (Phi) is 3.70. The van der Waals surface area contributed by atoms with Crippen LogP contribution >= 0.6 is 15.9 Å². The molecule has 0 aliphatic heterocycles. The van der Waals surface area contributed by atoms with Crippen molar-refractivity contribution in [3.8, 4) is 11.4 Å². The van der Waals surface area contributed by atoms with Gasteiger partial charge in [-0.2, -0.15) is 0 Å². The monoisotopic (exact) mass is 336 g/mol. The summed E-state index contributed by atoms with van der Waals surface area (Å²) >= 11 is 3.37. The van der Waals surface area contributed by atoms with Crippen LogP contribution in [0.4, 0.5) is 4.39 Å². The minimum atomic E-state index is -0.346. The van der Waals surface area contributed by atoms with Crippen LogP contribution in [0.3, 0.4) is 0 Å². The summed E-state index contributed by atoms with van der Waals surface area (Å²) in [7, 11) is 0. The van der Waals surface area contributed by atoms with Crippen molar-refractivity contribution in [1.82, 2.24) is 9.97 Å². The summed E-state index contributed by atoms with van der Waals surface area (Å²) in [6.45, 7) is 0. The summed E-state index contributed by atoms with van der Waals surface area (Å²) in [5.74, 6) is 0.0859. The van der Waals surface area contributed by atoms with E-state index in [0.29, 0.717) is 11.4 Å². The topological polar surface area (TPSA) is 45.8 Å². The first-order valence-corrected chi connectivity index (χ1v) is 7.52. The molecule has 1 heterocycles. The van der Waals surface area contributed by atoms with Gasteiger partial charge in [-0.3, -0.25) is 4.79 Å². The first-order valence-electron chi connectivity index (χ1n) is 6.72. The van der Waals surface area contributed by atoms with Crippen LogP contribution < -0.4 is 5.56 Å². The smallest absolute Gasteiger partial charge is 0.254 e. The van der Waals surface area contributed by atoms with Gasteiger partial charge in [-0.05, 0) is 43.9 Å². The molecule has 0 spiro atoms. The first kappa shape index (κ1) is 13.5. The Balaban J connectivity index is 2.16. The molecule has 0 unspecified atom stereocenters. The Bertz CT molecular complexity index is 712. The number of nitrogens with one attached hydrogen (secondary N) is 1. The highest BCUT2D eigenvalue weighted by Crippen LogP contribution is 2.27.